The second-order valence-electron chi connectivity index (χ2n) is 8.78. The smallest absolute Gasteiger partial charge is 0.243 e. The molecule has 0 radical (unpaired) electrons. The molecule has 0 bridgehead atoms. The maximum atomic E-state index is 13.3. The van der Waals surface area contributed by atoms with Gasteiger partial charge in [0.25, 0.3) is 0 Å². The van der Waals surface area contributed by atoms with E-state index >= 15 is 0 Å². The van der Waals surface area contributed by atoms with Gasteiger partial charge >= 0.3 is 0 Å². The second kappa shape index (κ2) is 10.0. The Balaban J connectivity index is 1.55. The quantitative estimate of drug-likeness (QED) is 0.632. The molecule has 32 heavy (non-hydrogen) atoms. The van der Waals surface area contributed by atoms with Crippen molar-refractivity contribution in [3.8, 4) is 5.75 Å². The average Bonchev–Trinajstić information content (AvgIpc) is 2.73. The highest BCUT2D eigenvalue weighted by Crippen LogP contribution is 2.29. The van der Waals surface area contributed by atoms with E-state index in [-0.39, 0.29) is 11.8 Å². The van der Waals surface area contributed by atoms with Crippen LogP contribution in [0.25, 0.3) is 0 Å². The van der Waals surface area contributed by atoms with Gasteiger partial charge in [-0.1, -0.05) is 35.9 Å². The summed E-state index contributed by atoms with van der Waals surface area (Å²) in [6, 6.07) is 11.6. The number of nitrogens with zero attached hydrogens (tertiary/aromatic N) is 2. The van der Waals surface area contributed by atoms with Crippen molar-refractivity contribution < 1.29 is 17.9 Å². The van der Waals surface area contributed by atoms with Gasteiger partial charge in [0, 0.05) is 26.1 Å². The van der Waals surface area contributed by atoms with Crippen LogP contribution in [-0.2, 0) is 14.8 Å². The monoisotopic (exact) mass is 458 g/mol. The molecule has 0 aliphatic carbocycles. The highest BCUT2D eigenvalue weighted by Gasteiger charge is 2.34. The van der Waals surface area contributed by atoms with Crippen LogP contribution in [-0.4, -0.2) is 56.8 Å². The Labute approximate surface area is 192 Å². The number of hydrogen-bond donors (Lipinski definition) is 0. The summed E-state index contributed by atoms with van der Waals surface area (Å²) in [6.45, 7) is 9.29. The predicted octanol–water partition coefficient (Wildman–Crippen LogP) is 3.86. The zero-order valence-electron chi connectivity index (χ0n) is 19.7. The van der Waals surface area contributed by atoms with Crippen molar-refractivity contribution in [1.29, 1.82) is 0 Å². The Bertz CT molecular complexity index is 1050. The molecule has 1 amide bonds. The van der Waals surface area contributed by atoms with Gasteiger partial charge in [0.05, 0.1) is 11.4 Å². The summed E-state index contributed by atoms with van der Waals surface area (Å²) in [7, 11) is -1.79. The van der Waals surface area contributed by atoms with E-state index in [1.165, 1.54) is 4.31 Å². The van der Waals surface area contributed by atoms with Crippen LogP contribution in [0.2, 0.25) is 0 Å². The normalized spacial score (nSPS) is 15.5. The maximum Gasteiger partial charge on any atom is 0.243 e. The van der Waals surface area contributed by atoms with E-state index in [0.29, 0.717) is 44.0 Å². The molecule has 7 heteroatoms. The molecule has 0 spiro atoms. The van der Waals surface area contributed by atoms with E-state index in [2.05, 4.69) is 0 Å². The van der Waals surface area contributed by atoms with Gasteiger partial charge in [-0.2, -0.15) is 4.31 Å². The zero-order chi connectivity index (χ0) is 23.5. The second-order valence-corrected chi connectivity index (χ2v) is 10.7. The number of para-hydroxylation sites is 1. The summed E-state index contributed by atoms with van der Waals surface area (Å²) >= 11 is 0. The summed E-state index contributed by atoms with van der Waals surface area (Å²) in [6.07, 6.45) is 1.07. The standard InChI is InChI=1S/C25H34N2O4S/c1-18-16-20(3)24(21(4)17-18)32(29,30)27-12-10-22(11-13-27)25(28)26(5)14-15-31-23-9-7-6-8-19(23)2/h6-9,16-17,22H,10-15H2,1-5H3. The molecule has 0 aromatic heterocycles. The fourth-order valence-corrected chi connectivity index (χ4v) is 6.36. The van der Waals surface area contributed by atoms with Crippen molar-refractivity contribution >= 4 is 15.9 Å². The van der Waals surface area contributed by atoms with Crippen molar-refractivity contribution in [1.82, 2.24) is 9.21 Å². The van der Waals surface area contributed by atoms with E-state index < -0.39 is 10.0 Å². The minimum absolute atomic E-state index is 0.0538. The number of hydrogen-bond acceptors (Lipinski definition) is 4. The maximum absolute atomic E-state index is 13.3. The number of likely N-dealkylation sites (N-methyl/N-ethyl adjacent to an activating group) is 1. The number of benzene rings is 2. The number of rotatable bonds is 7. The Morgan fingerprint density at radius 1 is 1.03 bits per heavy atom. The predicted molar refractivity (Wildman–Crippen MR) is 126 cm³/mol. The molecular formula is C25H34N2O4S. The molecule has 1 fully saturated rings. The Hall–Kier alpha value is -2.38. The number of sulfonamides is 1. The summed E-state index contributed by atoms with van der Waals surface area (Å²) < 4.78 is 33.9. The number of aryl methyl sites for hydroxylation is 4. The van der Waals surface area contributed by atoms with Crippen molar-refractivity contribution in [3.05, 3.63) is 58.7 Å². The molecule has 1 aliphatic heterocycles. The lowest BCUT2D eigenvalue weighted by molar-refractivity contribution is -0.135. The first kappa shape index (κ1) is 24.3. The van der Waals surface area contributed by atoms with Crippen LogP contribution in [0.15, 0.2) is 41.3 Å². The lowest BCUT2D eigenvalue weighted by atomic mass is 9.97. The molecule has 0 atom stereocenters. The molecule has 3 rings (SSSR count). The van der Waals surface area contributed by atoms with Gasteiger partial charge in [0.2, 0.25) is 15.9 Å². The van der Waals surface area contributed by atoms with Crippen LogP contribution < -0.4 is 4.74 Å². The molecule has 6 nitrogen and oxygen atoms in total. The van der Waals surface area contributed by atoms with Crippen LogP contribution in [0, 0.1) is 33.6 Å². The van der Waals surface area contributed by atoms with E-state index in [1.54, 1.807) is 11.9 Å². The van der Waals surface area contributed by atoms with Crippen LogP contribution in [0.1, 0.15) is 35.1 Å². The van der Waals surface area contributed by atoms with Crippen molar-refractivity contribution in [2.45, 2.75) is 45.4 Å². The third-order valence-electron chi connectivity index (χ3n) is 6.16. The topological polar surface area (TPSA) is 66.9 Å². The van der Waals surface area contributed by atoms with Crippen molar-refractivity contribution in [2.75, 3.05) is 33.3 Å². The molecule has 0 unspecified atom stereocenters. The molecule has 1 saturated heterocycles. The van der Waals surface area contributed by atoms with Crippen molar-refractivity contribution in [3.63, 3.8) is 0 Å². The minimum atomic E-state index is -3.57. The minimum Gasteiger partial charge on any atom is -0.491 e. The first-order valence-corrected chi connectivity index (χ1v) is 12.6. The van der Waals surface area contributed by atoms with E-state index in [1.807, 2.05) is 64.1 Å². The number of ether oxygens (including phenoxy) is 1. The lowest BCUT2D eigenvalue weighted by Gasteiger charge is -2.33. The van der Waals surface area contributed by atoms with Gasteiger partial charge in [-0.05, 0) is 63.3 Å². The summed E-state index contributed by atoms with van der Waals surface area (Å²) in [5.74, 6) is 0.719. The molecule has 0 N–H and O–H groups in total. The van der Waals surface area contributed by atoms with E-state index in [0.717, 1.165) is 28.0 Å². The fourth-order valence-electron chi connectivity index (χ4n) is 4.48. The van der Waals surface area contributed by atoms with Gasteiger partial charge < -0.3 is 9.64 Å². The zero-order valence-corrected chi connectivity index (χ0v) is 20.5. The Morgan fingerprint density at radius 3 is 2.22 bits per heavy atom. The average molecular weight is 459 g/mol. The summed E-state index contributed by atoms with van der Waals surface area (Å²) in [4.78, 5) is 15.0. The third-order valence-corrected chi connectivity index (χ3v) is 8.36. The third kappa shape index (κ3) is 5.33. The van der Waals surface area contributed by atoms with Crippen LogP contribution in [0.3, 0.4) is 0 Å². The first-order chi connectivity index (χ1) is 15.1. The largest absolute Gasteiger partial charge is 0.491 e. The first-order valence-electron chi connectivity index (χ1n) is 11.1. The van der Waals surface area contributed by atoms with Crippen LogP contribution >= 0.6 is 0 Å². The van der Waals surface area contributed by atoms with Gasteiger partial charge in [-0.3, -0.25) is 4.79 Å². The lowest BCUT2D eigenvalue weighted by Crippen LogP contribution is -2.44. The Kier molecular flexibility index (Phi) is 7.62. The molecule has 2 aromatic carbocycles. The SMILES string of the molecule is Cc1cc(C)c(S(=O)(=O)N2CCC(C(=O)N(C)CCOc3ccccc3C)CC2)c(C)c1. The van der Waals surface area contributed by atoms with Gasteiger partial charge in [0.1, 0.15) is 12.4 Å². The summed E-state index contributed by atoms with van der Waals surface area (Å²) in [5, 5.41) is 0. The molecule has 0 saturated carbocycles. The molecule has 1 aliphatic rings. The van der Waals surface area contributed by atoms with E-state index in [9.17, 15) is 13.2 Å². The highest BCUT2D eigenvalue weighted by molar-refractivity contribution is 7.89. The van der Waals surface area contributed by atoms with Gasteiger partial charge in [-0.15, -0.1) is 0 Å². The van der Waals surface area contributed by atoms with Gasteiger partial charge in [-0.25, -0.2) is 8.42 Å². The molecular weight excluding hydrogens is 424 g/mol. The number of carbonyl (C=O) groups excluding carboxylic acids is 1. The van der Waals surface area contributed by atoms with Crippen molar-refractivity contribution in [2.24, 2.45) is 5.92 Å². The Morgan fingerprint density at radius 2 is 1.62 bits per heavy atom. The van der Waals surface area contributed by atoms with Gasteiger partial charge in [0.15, 0.2) is 0 Å². The van der Waals surface area contributed by atoms with Crippen LogP contribution in [0.5, 0.6) is 5.75 Å². The fraction of sp³-hybridized carbons (Fsp3) is 0.480. The highest BCUT2D eigenvalue weighted by atomic mass is 32.2. The summed E-state index contributed by atoms with van der Waals surface area (Å²) in [5.41, 5.74) is 3.66. The molecule has 2 aromatic rings. The molecule has 174 valence electrons. The molecule has 1 heterocycles. The number of amides is 1. The van der Waals surface area contributed by atoms with Crippen LogP contribution in [0.4, 0.5) is 0 Å². The number of piperidine rings is 1. The number of carbonyl (C=O) groups is 1. The van der Waals surface area contributed by atoms with E-state index in [4.69, 9.17) is 4.74 Å².